The Bertz CT molecular complexity index is 1030. The molecular weight excluding hydrogens is 390 g/mol. The van der Waals surface area contributed by atoms with Gasteiger partial charge in [-0.15, -0.1) is 0 Å². The van der Waals surface area contributed by atoms with E-state index in [0.717, 1.165) is 16.7 Å². The second kappa shape index (κ2) is 9.14. The highest BCUT2D eigenvalue weighted by Crippen LogP contribution is 2.44. The number of benzene rings is 3. The second-order valence-electron chi connectivity index (χ2n) is 7.84. The molecule has 4 rings (SSSR count). The first-order valence-electron chi connectivity index (χ1n) is 10.4. The number of hydrogen-bond donors (Lipinski definition) is 2. The van der Waals surface area contributed by atoms with E-state index in [9.17, 15) is 9.59 Å². The van der Waals surface area contributed by atoms with Crippen LogP contribution < -0.4 is 5.73 Å². The zero-order valence-electron chi connectivity index (χ0n) is 17.1. The van der Waals surface area contributed by atoms with Crippen molar-refractivity contribution in [2.45, 2.75) is 30.7 Å². The molecule has 3 aromatic rings. The highest BCUT2D eigenvalue weighted by atomic mass is 16.5. The highest BCUT2D eigenvalue weighted by Gasteiger charge is 2.31. The van der Waals surface area contributed by atoms with Crippen LogP contribution in [0, 0.1) is 0 Å². The van der Waals surface area contributed by atoms with Crippen LogP contribution in [0.1, 0.15) is 41.4 Å². The number of carboxylic acids is 1. The molecule has 3 N–H and O–H groups in total. The minimum absolute atomic E-state index is 0.0194. The van der Waals surface area contributed by atoms with E-state index in [0.29, 0.717) is 6.42 Å². The third kappa shape index (κ3) is 4.37. The number of fused-ring (bicyclic) bond motifs is 3. The minimum atomic E-state index is -1.07. The smallest absolute Gasteiger partial charge is 0.320 e. The van der Waals surface area contributed by atoms with Crippen LogP contribution in [-0.4, -0.2) is 29.7 Å². The molecule has 5 heteroatoms. The molecule has 158 valence electrons. The van der Waals surface area contributed by atoms with Gasteiger partial charge in [0.15, 0.2) is 0 Å². The summed E-state index contributed by atoms with van der Waals surface area (Å²) in [5.74, 6) is -2.00. The average molecular weight is 415 g/mol. The van der Waals surface area contributed by atoms with Crippen molar-refractivity contribution in [3.05, 3.63) is 95.6 Å². The fourth-order valence-electron chi connectivity index (χ4n) is 4.28. The molecule has 0 aliphatic heterocycles. The normalized spacial score (nSPS) is 14.4. The van der Waals surface area contributed by atoms with Gasteiger partial charge < -0.3 is 15.6 Å². The zero-order valence-corrected chi connectivity index (χ0v) is 17.1. The molecule has 1 aliphatic rings. The van der Waals surface area contributed by atoms with Gasteiger partial charge in [-0.2, -0.15) is 0 Å². The molecule has 0 bridgehead atoms. The maximum absolute atomic E-state index is 13.1. The Morgan fingerprint density at radius 2 is 1.39 bits per heavy atom. The lowest BCUT2D eigenvalue weighted by Crippen LogP contribution is -2.31. The van der Waals surface area contributed by atoms with Crippen LogP contribution in [0.25, 0.3) is 11.1 Å². The van der Waals surface area contributed by atoms with Crippen molar-refractivity contribution in [1.82, 2.24) is 0 Å². The van der Waals surface area contributed by atoms with Gasteiger partial charge in [0.2, 0.25) is 0 Å². The van der Waals surface area contributed by atoms with E-state index in [1.54, 1.807) is 0 Å². The van der Waals surface area contributed by atoms with Gasteiger partial charge in [0, 0.05) is 5.92 Å². The van der Waals surface area contributed by atoms with Gasteiger partial charge in [-0.3, -0.25) is 9.59 Å². The molecule has 0 amide bonds. The summed E-state index contributed by atoms with van der Waals surface area (Å²) in [5, 5.41) is 9.10. The number of carbonyl (C=O) groups excluding carboxylic acids is 1. The maximum Gasteiger partial charge on any atom is 0.320 e. The maximum atomic E-state index is 13.1. The third-order valence-corrected chi connectivity index (χ3v) is 5.92. The number of aliphatic carboxylic acids is 1. The Morgan fingerprint density at radius 1 is 0.839 bits per heavy atom. The Kier molecular flexibility index (Phi) is 6.14. The van der Waals surface area contributed by atoms with Crippen LogP contribution in [0.3, 0.4) is 0 Å². The average Bonchev–Trinajstić information content (AvgIpc) is 3.12. The first-order chi connectivity index (χ1) is 15.1. The van der Waals surface area contributed by atoms with E-state index in [4.69, 9.17) is 15.6 Å². The number of carboxylic acid groups (broad SMARTS) is 1. The minimum Gasteiger partial charge on any atom is -0.480 e. The van der Waals surface area contributed by atoms with Crippen LogP contribution in [-0.2, 0) is 14.3 Å². The van der Waals surface area contributed by atoms with Crippen LogP contribution in [0.4, 0.5) is 0 Å². The van der Waals surface area contributed by atoms with E-state index in [-0.39, 0.29) is 24.9 Å². The first-order valence-corrected chi connectivity index (χ1v) is 10.4. The largest absolute Gasteiger partial charge is 0.480 e. The lowest BCUT2D eigenvalue weighted by atomic mass is 9.92. The molecule has 2 unspecified atom stereocenters. The predicted molar refractivity (Wildman–Crippen MR) is 119 cm³/mol. The topological polar surface area (TPSA) is 89.6 Å². The predicted octanol–water partition coefficient (Wildman–Crippen LogP) is 4.32. The third-order valence-electron chi connectivity index (χ3n) is 5.92. The van der Waals surface area contributed by atoms with Crippen molar-refractivity contribution in [2.24, 2.45) is 5.73 Å². The van der Waals surface area contributed by atoms with Gasteiger partial charge in [0.25, 0.3) is 0 Å². The summed E-state index contributed by atoms with van der Waals surface area (Å²) in [6.07, 6.45) is 0.507. The number of nitrogens with two attached hydrogens (primary N) is 1. The summed E-state index contributed by atoms with van der Waals surface area (Å²) in [6.45, 7) is 0.237. The van der Waals surface area contributed by atoms with E-state index in [2.05, 4.69) is 24.3 Å². The first kappa shape index (κ1) is 20.8. The molecule has 1 aliphatic carbocycles. The number of ether oxygens (including phenoxy) is 1. The lowest BCUT2D eigenvalue weighted by molar-refractivity contribution is -0.146. The van der Waals surface area contributed by atoms with Crippen LogP contribution in [0.5, 0.6) is 0 Å². The van der Waals surface area contributed by atoms with Crippen molar-refractivity contribution in [3.63, 3.8) is 0 Å². The van der Waals surface area contributed by atoms with E-state index in [1.165, 1.54) is 11.1 Å². The summed E-state index contributed by atoms with van der Waals surface area (Å²) < 4.78 is 5.82. The Morgan fingerprint density at radius 3 is 1.97 bits per heavy atom. The molecule has 0 aromatic heterocycles. The fourth-order valence-corrected chi connectivity index (χ4v) is 4.28. The molecule has 0 saturated carbocycles. The van der Waals surface area contributed by atoms with Gasteiger partial charge in [0.1, 0.15) is 12.6 Å². The number of esters is 1. The summed E-state index contributed by atoms with van der Waals surface area (Å²) in [6, 6.07) is 24.7. The van der Waals surface area contributed by atoms with Crippen LogP contribution in [0.15, 0.2) is 78.9 Å². The van der Waals surface area contributed by atoms with Crippen molar-refractivity contribution in [3.8, 4) is 11.1 Å². The lowest BCUT2D eigenvalue weighted by Gasteiger charge is -2.20. The fraction of sp³-hybridized carbons (Fsp3) is 0.231. The number of carbonyl (C=O) groups is 2. The Hall–Kier alpha value is -3.44. The number of rotatable bonds is 8. The quantitative estimate of drug-likeness (QED) is 0.535. The van der Waals surface area contributed by atoms with Crippen LogP contribution >= 0.6 is 0 Å². The Labute approximate surface area is 181 Å². The van der Waals surface area contributed by atoms with Crippen molar-refractivity contribution >= 4 is 11.9 Å². The van der Waals surface area contributed by atoms with Gasteiger partial charge >= 0.3 is 11.9 Å². The van der Waals surface area contributed by atoms with Gasteiger partial charge in [-0.25, -0.2) is 0 Å². The van der Waals surface area contributed by atoms with Crippen molar-refractivity contribution < 1.29 is 19.4 Å². The summed E-state index contributed by atoms with van der Waals surface area (Å²) in [5.41, 5.74) is 11.1. The zero-order chi connectivity index (χ0) is 21.8. The van der Waals surface area contributed by atoms with Crippen LogP contribution in [0.2, 0.25) is 0 Å². The second-order valence-corrected chi connectivity index (χ2v) is 7.84. The van der Waals surface area contributed by atoms with Gasteiger partial charge in [-0.05, 0) is 40.7 Å². The SMILES string of the molecule is NC(CCC(C(=O)OCC1c2ccccc2-c2ccccc21)c1ccccc1)C(=O)O. The molecule has 0 fully saturated rings. The van der Waals surface area contributed by atoms with Gasteiger partial charge in [0.05, 0.1) is 5.92 Å². The molecule has 0 saturated heterocycles. The monoisotopic (exact) mass is 415 g/mol. The molecule has 5 nitrogen and oxygen atoms in total. The van der Waals surface area contributed by atoms with E-state index >= 15 is 0 Å². The molecule has 2 atom stereocenters. The Balaban J connectivity index is 1.52. The summed E-state index contributed by atoms with van der Waals surface area (Å²) >= 11 is 0. The molecule has 0 heterocycles. The summed E-state index contributed by atoms with van der Waals surface area (Å²) in [7, 11) is 0. The molecule has 31 heavy (non-hydrogen) atoms. The number of hydrogen-bond acceptors (Lipinski definition) is 4. The van der Waals surface area contributed by atoms with Crippen molar-refractivity contribution in [1.29, 1.82) is 0 Å². The molecular formula is C26H25NO4. The standard InChI is InChI=1S/C26H25NO4/c27-24(25(28)29)15-14-18(17-8-2-1-3-9-17)26(30)31-16-23-21-12-6-4-10-19(21)20-11-5-7-13-22(20)23/h1-13,18,23-24H,14-16,27H2,(H,28,29). The van der Waals surface area contributed by atoms with E-state index < -0.39 is 17.9 Å². The van der Waals surface area contributed by atoms with Crippen molar-refractivity contribution in [2.75, 3.05) is 6.61 Å². The molecule has 0 radical (unpaired) electrons. The van der Waals surface area contributed by atoms with E-state index in [1.807, 2.05) is 54.6 Å². The highest BCUT2D eigenvalue weighted by molar-refractivity contribution is 5.81. The summed E-state index contributed by atoms with van der Waals surface area (Å²) in [4.78, 5) is 24.2. The molecule has 0 spiro atoms. The molecule has 3 aromatic carbocycles. The van der Waals surface area contributed by atoms with Gasteiger partial charge in [-0.1, -0.05) is 78.9 Å².